The van der Waals surface area contributed by atoms with E-state index in [9.17, 15) is 57.5 Å². The van der Waals surface area contributed by atoms with Crippen LogP contribution in [-0.2, 0) is 114 Å². The topological polar surface area (TPSA) is 316 Å². The van der Waals surface area contributed by atoms with E-state index in [1.807, 2.05) is 222 Å². The van der Waals surface area contributed by atoms with Crippen LogP contribution in [0.2, 0.25) is 0 Å². The highest BCUT2D eigenvalue weighted by molar-refractivity contribution is 5.83. The molecule has 0 radical (unpaired) electrons. The van der Waals surface area contributed by atoms with Gasteiger partial charge in [-0.1, -0.05) is 165 Å². The van der Waals surface area contributed by atoms with Gasteiger partial charge in [0.25, 0.3) is 0 Å². The van der Waals surface area contributed by atoms with Crippen LogP contribution in [0.25, 0.3) is 0 Å². The lowest BCUT2D eigenvalue weighted by atomic mass is 9.49. The number of rotatable bonds is 34. The molecule has 24 heteroatoms. The summed E-state index contributed by atoms with van der Waals surface area (Å²) in [5.41, 5.74) is -5.28. The van der Waals surface area contributed by atoms with Crippen LogP contribution in [0.1, 0.15) is 493 Å². The third-order valence-corrected chi connectivity index (χ3v) is 32.3. The van der Waals surface area contributed by atoms with E-state index in [0.717, 1.165) is 176 Å². The number of carbonyl (C=O) groups excluding carboxylic acids is 12. The summed E-state index contributed by atoms with van der Waals surface area (Å²) >= 11 is 0. The molecule has 0 saturated heterocycles. The van der Waals surface area contributed by atoms with Crippen molar-refractivity contribution in [2.75, 3.05) is 39.6 Å². The number of ether oxygens (including phenoxy) is 12. The van der Waals surface area contributed by atoms with Crippen molar-refractivity contribution in [1.29, 1.82) is 0 Å². The van der Waals surface area contributed by atoms with Crippen molar-refractivity contribution in [3.05, 3.63) is 0 Å². The van der Waals surface area contributed by atoms with Gasteiger partial charge in [0, 0.05) is 5.92 Å². The fourth-order valence-electron chi connectivity index (χ4n) is 21.4. The second kappa shape index (κ2) is 62.4. The van der Waals surface area contributed by atoms with E-state index in [4.69, 9.17) is 56.8 Å². The smallest absolute Gasteiger partial charge is 0.344 e. The molecular formula is C114H206O24. The first-order valence-electron chi connectivity index (χ1n) is 55.2. The minimum atomic E-state index is -0.550. The van der Waals surface area contributed by atoms with Crippen LogP contribution in [-0.4, -0.2) is 145 Å². The van der Waals surface area contributed by atoms with Gasteiger partial charge in [-0.25, -0.2) is 28.8 Å². The molecule has 12 fully saturated rings. The molecule has 12 rings (SSSR count). The number of hydrogen-bond acceptors (Lipinski definition) is 24. The molecule has 0 amide bonds. The lowest BCUT2D eigenvalue weighted by Gasteiger charge is -2.60. The predicted molar refractivity (Wildman–Crippen MR) is 548 cm³/mol. The lowest BCUT2D eigenvalue weighted by Crippen LogP contribution is -2.59. The van der Waals surface area contributed by atoms with Gasteiger partial charge in [0.1, 0.15) is 33.6 Å². The van der Waals surface area contributed by atoms with Crippen LogP contribution in [0, 0.1) is 91.7 Å². The molecule has 0 aliphatic heterocycles. The molecule has 8 bridgehead atoms. The number of carbonyl (C=O) groups is 12. The maximum atomic E-state index is 12.5. The van der Waals surface area contributed by atoms with Gasteiger partial charge in [-0.15, -0.1) is 0 Å². The quantitative estimate of drug-likeness (QED) is 0.0328. The van der Waals surface area contributed by atoms with Crippen molar-refractivity contribution < 1.29 is 114 Å². The van der Waals surface area contributed by atoms with Crippen LogP contribution in [0.5, 0.6) is 0 Å². The Morgan fingerprint density at radius 2 is 0.507 bits per heavy atom. The summed E-state index contributed by atoms with van der Waals surface area (Å²) in [5, 5.41) is 0. The van der Waals surface area contributed by atoms with Gasteiger partial charge in [-0.05, 0) is 381 Å². The zero-order valence-electron chi connectivity index (χ0n) is 94.7. The highest BCUT2D eigenvalue weighted by Gasteiger charge is 2.68. The molecule has 12 aliphatic rings. The van der Waals surface area contributed by atoms with Crippen LogP contribution in [0.4, 0.5) is 0 Å². The number of hydrogen-bond donors (Lipinski definition) is 0. The van der Waals surface area contributed by atoms with Gasteiger partial charge in [0.15, 0.2) is 39.6 Å². The number of esters is 12. The van der Waals surface area contributed by atoms with Gasteiger partial charge in [-0.2, -0.15) is 0 Å². The molecule has 7 atom stereocenters. The van der Waals surface area contributed by atoms with Crippen molar-refractivity contribution in [3.63, 3.8) is 0 Å². The Morgan fingerprint density at radius 1 is 0.261 bits per heavy atom. The first-order chi connectivity index (χ1) is 64.9. The molecular weight excluding hydrogens is 1750 g/mol. The Hall–Kier alpha value is -6.36. The van der Waals surface area contributed by atoms with Crippen LogP contribution >= 0.6 is 0 Å². The highest BCUT2D eigenvalue weighted by atomic mass is 16.6. The molecule has 0 spiro atoms. The molecule has 0 aromatic carbocycles. The maximum Gasteiger partial charge on any atom is 0.344 e. The Kier molecular flexibility index (Phi) is 59.5. The van der Waals surface area contributed by atoms with Crippen molar-refractivity contribution in [2.45, 2.75) is 527 Å². The van der Waals surface area contributed by atoms with E-state index in [1.54, 1.807) is 13.8 Å². The Bertz CT molecular complexity index is 3560. The minimum Gasteiger partial charge on any atom is -0.457 e. The van der Waals surface area contributed by atoms with E-state index >= 15 is 0 Å². The zero-order valence-corrected chi connectivity index (χ0v) is 94.7. The highest BCUT2D eigenvalue weighted by Crippen LogP contribution is 2.71. The van der Waals surface area contributed by atoms with Crippen molar-refractivity contribution in [2.24, 2.45) is 91.7 Å². The van der Waals surface area contributed by atoms with Gasteiger partial charge < -0.3 is 56.8 Å². The van der Waals surface area contributed by atoms with Gasteiger partial charge in [0.05, 0.1) is 32.5 Å². The van der Waals surface area contributed by atoms with E-state index in [2.05, 4.69) is 13.8 Å². The maximum absolute atomic E-state index is 12.5. The second-order valence-electron chi connectivity index (χ2n) is 43.6. The number of fused-ring (bicyclic) bond motifs is 9. The monoisotopic (exact) mass is 1960 g/mol. The summed E-state index contributed by atoms with van der Waals surface area (Å²) in [6, 6.07) is 0. The molecule has 12 saturated carbocycles. The summed E-state index contributed by atoms with van der Waals surface area (Å²) in [5.74, 6) is 2.98. The minimum absolute atomic E-state index is 0.248. The SMILES string of the molecule is CC.CC.CC.CC.CC.CC.CCC(C)(C)C(=O)OCC(=O)OC1(C)CCCC1.CCC(C)(C)C(=O)OCC(=O)OC1(C)CCCCC1.CCC(C)(C)C(=O)OCC(=O)OC1(CC)C2CC3CC(C2)CC1C3.CCC(C)(C)C(=O)OCC(=O)OC1(CC)CC2CC1C1C3CCC(C3)C21.CCC1(OC(=O)COC(=O)C(C)(C)CC)CCCC1.CCC1(OC(=O)COC(=O)C(C)(C)CC)CCCCC1. The van der Waals surface area contributed by atoms with E-state index in [-0.39, 0.29) is 121 Å². The summed E-state index contributed by atoms with van der Waals surface area (Å²) in [6.07, 6.45) is 38.6. The van der Waals surface area contributed by atoms with Gasteiger partial charge in [0.2, 0.25) is 0 Å². The third kappa shape index (κ3) is 39.3. The van der Waals surface area contributed by atoms with Crippen LogP contribution in [0.15, 0.2) is 0 Å². The van der Waals surface area contributed by atoms with Crippen LogP contribution in [0.3, 0.4) is 0 Å². The average molecular weight is 1960 g/mol. The van der Waals surface area contributed by atoms with Crippen molar-refractivity contribution in [1.82, 2.24) is 0 Å². The zero-order chi connectivity index (χ0) is 106. The summed E-state index contributed by atoms with van der Waals surface area (Å²) in [6.45, 7) is 68.1. The summed E-state index contributed by atoms with van der Waals surface area (Å²) < 4.78 is 64.7. The molecule has 0 aromatic rings. The first kappa shape index (κ1) is 132. The second-order valence-corrected chi connectivity index (χ2v) is 43.6. The average Bonchev–Trinajstić information content (AvgIpc) is 1.52. The third-order valence-electron chi connectivity index (χ3n) is 32.3. The Morgan fingerprint density at radius 3 is 0.775 bits per heavy atom. The van der Waals surface area contributed by atoms with Gasteiger partial charge in [-0.3, -0.25) is 28.8 Å². The molecule has 0 heterocycles. The predicted octanol–water partition coefficient (Wildman–Crippen LogP) is 27.6. The fraction of sp³-hybridized carbons (Fsp3) is 0.895. The lowest BCUT2D eigenvalue weighted by molar-refractivity contribution is -0.214. The normalized spacial score (nSPS) is 25.0. The summed E-state index contributed by atoms with van der Waals surface area (Å²) in [7, 11) is 0. The molecule has 138 heavy (non-hydrogen) atoms. The van der Waals surface area contributed by atoms with Crippen LogP contribution < -0.4 is 0 Å². The van der Waals surface area contributed by atoms with E-state index in [0.29, 0.717) is 56.3 Å². The van der Waals surface area contributed by atoms with E-state index in [1.165, 1.54) is 70.6 Å². The van der Waals surface area contributed by atoms with Crippen molar-refractivity contribution in [3.8, 4) is 0 Å². The molecule has 0 aromatic heterocycles. The van der Waals surface area contributed by atoms with Gasteiger partial charge >= 0.3 is 71.6 Å². The largest absolute Gasteiger partial charge is 0.457 e. The standard InChI is InChI=1S/C22H34O4.C20H32O4.C16H28O4.2C15H26O4.C14H24O4.6C2H6/c1-5-21(3,4)20(24)25-12-17(23)26-22(6-2)11-15-10-16(22)19-14-8-7-13(9-14)18(15)19;1-5-19(3,4)18(22)23-12-17(21)24-20(6-2)15-8-13-7-14(10-15)11-16(20)9-13;1-5-15(3,4)14(18)19-12-13(17)20-16(6-2)10-8-7-9-11-16;1-5-14(2,3)13(17)18-11-12(16)19-15(4)9-7-6-8-10-15;1-5-14(3,4)13(17)18-11-12(16)19-15(6-2)9-7-8-10-15;1-5-13(2,3)12(16)17-10-11(15)18-14(4)8-6-7-9-14;6*1-2/h13-16,18-19H,5-12H2,1-4H3;13-16H,5-12H2,1-4H3;5-12H2,1-4H3;2*5-11H2,1-4H3;5-10H2,1-4H3;6*1-2H3. The first-order valence-corrected chi connectivity index (χ1v) is 55.2. The molecule has 0 N–H and O–H groups in total. The fourth-order valence-corrected chi connectivity index (χ4v) is 21.4. The molecule has 12 aliphatic carbocycles. The van der Waals surface area contributed by atoms with E-state index < -0.39 is 56.4 Å². The van der Waals surface area contributed by atoms with Crippen molar-refractivity contribution >= 4 is 71.6 Å². The Balaban J connectivity index is 0.00000160. The molecule has 806 valence electrons. The Labute approximate surface area is 839 Å². The molecule has 24 nitrogen and oxygen atoms in total. The molecule has 7 unspecified atom stereocenters. The summed E-state index contributed by atoms with van der Waals surface area (Å²) in [4.78, 5) is 143.